The molecule has 0 spiro atoms. The number of ether oxygens (including phenoxy) is 2. The highest BCUT2D eigenvalue weighted by atomic mass is 19.2. The molecule has 0 N–H and O–H groups in total. The molecule has 0 aliphatic carbocycles. The molecule has 0 heterocycles. The molecule has 0 aliphatic rings. The van der Waals surface area contributed by atoms with E-state index >= 15 is 0 Å². The summed E-state index contributed by atoms with van der Waals surface area (Å²) in [7, 11) is 0. The maximum atomic E-state index is 13.9. The Kier molecular flexibility index (Phi) is 7.90. The predicted octanol–water partition coefficient (Wildman–Crippen LogP) is 2.89. The van der Waals surface area contributed by atoms with Crippen molar-refractivity contribution in [2.24, 2.45) is 0 Å². The first-order chi connectivity index (χ1) is 11.9. The Labute approximate surface area is 141 Å². The second-order valence-corrected chi connectivity index (χ2v) is 4.56. The Balaban J connectivity index is 3.38. The van der Waals surface area contributed by atoms with Gasteiger partial charge in [-0.25, -0.2) is 27.2 Å². The fourth-order valence-electron chi connectivity index (χ4n) is 1.85. The minimum absolute atomic E-state index is 0.0573. The van der Waals surface area contributed by atoms with Crippen molar-refractivity contribution >= 4 is 17.6 Å². The summed E-state index contributed by atoms with van der Waals surface area (Å²) in [6.45, 7) is 1.33. The number of carbonyl (C=O) groups is 2. The molecule has 138 valence electrons. The lowest BCUT2D eigenvalue weighted by Gasteiger charge is -2.21. The van der Waals surface area contributed by atoms with E-state index in [1.165, 1.54) is 13.8 Å². The van der Waals surface area contributed by atoms with Crippen LogP contribution >= 0.6 is 0 Å². The fraction of sp³-hybridized carbons (Fsp3) is 0.375. The molecule has 9 heteroatoms. The number of carbonyl (C=O) groups excluding carboxylic acids is 2. The van der Waals surface area contributed by atoms with Gasteiger partial charge in [-0.15, -0.1) is 0 Å². The van der Waals surface area contributed by atoms with E-state index in [1.54, 1.807) is 0 Å². The molecule has 0 unspecified atom stereocenters. The number of esters is 2. The van der Waals surface area contributed by atoms with Gasteiger partial charge in [0.2, 0.25) is 0 Å². The fourth-order valence-corrected chi connectivity index (χ4v) is 1.85. The molecule has 1 rings (SSSR count). The topological polar surface area (TPSA) is 55.8 Å². The van der Waals surface area contributed by atoms with Crippen LogP contribution in [-0.2, 0) is 19.1 Å². The predicted molar refractivity (Wildman–Crippen MR) is 81.0 cm³/mol. The Bertz CT molecular complexity index is 644. The molecule has 0 aliphatic heterocycles. The highest BCUT2D eigenvalue weighted by Crippen LogP contribution is 2.24. The Morgan fingerprint density at radius 1 is 1.04 bits per heavy atom. The van der Waals surface area contributed by atoms with Crippen LogP contribution < -0.4 is 4.90 Å². The monoisotopic (exact) mass is 363 g/mol. The minimum Gasteiger partial charge on any atom is -0.462 e. The third-order valence-electron chi connectivity index (χ3n) is 2.93. The van der Waals surface area contributed by atoms with Crippen molar-refractivity contribution in [1.29, 1.82) is 0 Å². The van der Waals surface area contributed by atoms with Crippen LogP contribution in [0.15, 0.2) is 23.9 Å². The molecule has 0 radical (unpaired) electrons. The summed E-state index contributed by atoms with van der Waals surface area (Å²) in [4.78, 5) is 24.6. The van der Waals surface area contributed by atoms with Gasteiger partial charge in [-0.05, 0) is 26.0 Å². The summed E-state index contributed by atoms with van der Waals surface area (Å²) in [6.07, 6.45) is 0.783. The van der Waals surface area contributed by atoms with Crippen LogP contribution in [-0.4, -0.2) is 38.4 Å². The molecule has 25 heavy (non-hydrogen) atoms. The van der Waals surface area contributed by atoms with Crippen molar-refractivity contribution < 1.29 is 36.6 Å². The van der Waals surface area contributed by atoms with E-state index in [2.05, 4.69) is 0 Å². The van der Waals surface area contributed by atoms with Gasteiger partial charge in [0.1, 0.15) is 6.67 Å². The van der Waals surface area contributed by atoms with Crippen molar-refractivity contribution in [3.63, 3.8) is 0 Å². The number of hydrogen-bond donors (Lipinski definition) is 0. The second kappa shape index (κ2) is 9.65. The SMILES string of the molecule is CCOC(=O)C(=CN(CCF)c1ccc(F)c(F)c1F)C(=O)OCC. The van der Waals surface area contributed by atoms with Crippen LogP contribution in [0.4, 0.5) is 23.2 Å². The van der Waals surface area contributed by atoms with Gasteiger partial charge < -0.3 is 14.4 Å². The van der Waals surface area contributed by atoms with Crippen LogP contribution in [0.1, 0.15) is 13.8 Å². The lowest BCUT2D eigenvalue weighted by Crippen LogP contribution is -2.26. The minimum atomic E-state index is -1.76. The number of benzene rings is 1. The molecule has 5 nitrogen and oxygen atoms in total. The summed E-state index contributed by atoms with van der Waals surface area (Å²) in [5.74, 6) is -6.93. The zero-order valence-corrected chi connectivity index (χ0v) is 13.7. The molecule has 0 fully saturated rings. The summed E-state index contributed by atoms with van der Waals surface area (Å²) in [5, 5.41) is 0. The first kappa shape index (κ1) is 20.5. The maximum absolute atomic E-state index is 13.9. The van der Waals surface area contributed by atoms with Gasteiger partial charge in [-0.3, -0.25) is 0 Å². The van der Waals surface area contributed by atoms with Gasteiger partial charge in [0.25, 0.3) is 0 Å². The van der Waals surface area contributed by atoms with Crippen molar-refractivity contribution in [3.8, 4) is 0 Å². The zero-order chi connectivity index (χ0) is 19.0. The Morgan fingerprint density at radius 3 is 2.08 bits per heavy atom. The van der Waals surface area contributed by atoms with Crippen LogP contribution in [0.5, 0.6) is 0 Å². The average molecular weight is 363 g/mol. The van der Waals surface area contributed by atoms with E-state index in [0.29, 0.717) is 6.07 Å². The quantitative estimate of drug-likeness (QED) is 0.178. The second-order valence-electron chi connectivity index (χ2n) is 4.56. The molecule has 1 aromatic rings. The molecule has 0 atom stereocenters. The first-order valence-electron chi connectivity index (χ1n) is 7.39. The highest BCUT2D eigenvalue weighted by molar-refractivity contribution is 6.14. The van der Waals surface area contributed by atoms with Crippen LogP contribution in [0.3, 0.4) is 0 Å². The maximum Gasteiger partial charge on any atom is 0.347 e. The van der Waals surface area contributed by atoms with Crippen molar-refractivity contribution in [1.82, 2.24) is 0 Å². The molecule has 0 saturated heterocycles. The van der Waals surface area contributed by atoms with Crippen LogP contribution in [0, 0.1) is 17.5 Å². The van der Waals surface area contributed by atoms with Crippen molar-refractivity contribution in [2.75, 3.05) is 31.3 Å². The van der Waals surface area contributed by atoms with Gasteiger partial charge in [0.05, 0.1) is 25.4 Å². The van der Waals surface area contributed by atoms with Gasteiger partial charge >= 0.3 is 11.9 Å². The molecular weight excluding hydrogens is 346 g/mol. The molecule has 1 aromatic carbocycles. The molecule has 0 aromatic heterocycles. The summed E-state index contributed by atoms with van der Waals surface area (Å²) in [5.41, 5.74) is -1.19. The number of nitrogens with zero attached hydrogens (tertiary/aromatic N) is 1. The average Bonchev–Trinajstić information content (AvgIpc) is 2.57. The van der Waals surface area contributed by atoms with E-state index < -0.39 is 53.9 Å². The van der Waals surface area contributed by atoms with Gasteiger partial charge in [-0.1, -0.05) is 0 Å². The largest absolute Gasteiger partial charge is 0.462 e. The third-order valence-corrected chi connectivity index (χ3v) is 2.93. The number of anilines is 1. The summed E-state index contributed by atoms with van der Waals surface area (Å²) < 4.78 is 62.6. The number of rotatable bonds is 8. The van der Waals surface area contributed by atoms with Gasteiger partial charge in [0, 0.05) is 6.20 Å². The Hall–Kier alpha value is -2.58. The van der Waals surface area contributed by atoms with Gasteiger partial charge in [0.15, 0.2) is 23.0 Å². The van der Waals surface area contributed by atoms with E-state index in [9.17, 15) is 27.2 Å². The number of alkyl halides is 1. The van der Waals surface area contributed by atoms with Gasteiger partial charge in [-0.2, -0.15) is 0 Å². The molecule has 0 bridgehead atoms. The van der Waals surface area contributed by atoms with E-state index in [-0.39, 0.29) is 13.2 Å². The van der Waals surface area contributed by atoms with E-state index in [0.717, 1.165) is 17.2 Å². The molecule has 0 amide bonds. The summed E-state index contributed by atoms with van der Waals surface area (Å²) >= 11 is 0. The lowest BCUT2D eigenvalue weighted by atomic mass is 10.2. The smallest absolute Gasteiger partial charge is 0.347 e. The number of halogens is 4. The van der Waals surface area contributed by atoms with Crippen LogP contribution in [0.25, 0.3) is 0 Å². The van der Waals surface area contributed by atoms with E-state index in [4.69, 9.17) is 9.47 Å². The van der Waals surface area contributed by atoms with Crippen molar-refractivity contribution in [3.05, 3.63) is 41.4 Å². The first-order valence-corrected chi connectivity index (χ1v) is 7.39. The Morgan fingerprint density at radius 2 is 1.60 bits per heavy atom. The number of hydrogen-bond acceptors (Lipinski definition) is 5. The third kappa shape index (κ3) is 5.20. The zero-order valence-electron chi connectivity index (χ0n) is 13.7. The molecular formula is C16H17F4NO4. The van der Waals surface area contributed by atoms with Crippen LogP contribution in [0.2, 0.25) is 0 Å². The summed E-state index contributed by atoms with van der Waals surface area (Å²) in [6, 6.07) is 1.50. The van der Waals surface area contributed by atoms with Crippen molar-refractivity contribution in [2.45, 2.75) is 13.8 Å². The molecule has 0 saturated carbocycles. The normalized spacial score (nSPS) is 10.2. The van der Waals surface area contributed by atoms with E-state index in [1.807, 2.05) is 0 Å². The lowest BCUT2D eigenvalue weighted by molar-refractivity contribution is -0.146. The standard InChI is InChI=1S/C16H17F4NO4/c1-3-24-15(22)10(16(23)25-4-2)9-21(8-7-17)12-6-5-11(18)13(19)14(12)20/h5-6,9H,3-4,7-8H2,1-2H3. The highest BCUT2D eigenvalue weighted by Gasteiger charge is 2.24.